The van der Waals surface area contributed by atoms with E-state index in [1.807, 2.05) is 32.2 Å². The number of benzene rings is 1. The molecule has 160 valence electrons. The Morgan fingerprint density at radius 1 is 1.06 bits per heavy atom. The monoisotopic (exact) mass is 415 g/mol. The summed E-state index contributed by atoms with van der Waals surface area (Å²) < 4.78 is 7.80. The Kier molecular flexibility index (Phi) is 5.36. The fourth-order valence-electron chi connectivity index (χ4n) is 5.00. The fourth-order valence-corrected chi connectivity index (χ4v) is 5.00. The lowest BCUT2D eigenvalue weighted by atomic mass is 9.89. The molecule has 5 nitrogen and oxygen atoms in total. The van der Waals surface area contributed by atoms with E-state index in [4.69, 9.17) is 9.51 Å². The van der Waals surface area contributed by atoms with Crippen LogP contribution in [0.1, 0.15) is 49.1 Å². The highest BCUT2D eigenvalue weighted by Gasteiger charge is 2.20. The molecule has 5 heteroatoms. The number of nitrogens with zero attached hydrogens (tertiary/aromatic N) is 3. The predicted molar refractivity (Wildman–Crippen MR) is 123 cm³/mol. The molecule has 0 saturated heterocycles. The second-order valence-corrected chi connectivity index (χ2v) is 8.85. The maximum atomic E-state index is 9.39. The van der Waals surface area contributed by atoms with Crippen molar-refractivity contribution >= 4 is 11.0 Å². The third-order valence-corrected chi connectivity index (χ3v) is 6.67. The first-order chi connectivity index (χ1) is 15.1. The van der Waals surface area contributed by atoms with Gasteiger partial charge in [0.25, 0.3) is 0 Å². The molecule has 0 amide bonds. The molecule has 1 aliphatic carbocycles. The van der Waals surface area contributed by atoms with Crippen LogP contribution in [-0.4, -0.2) is 19.8 Å². The third kappa shape index (κ3) is 3.79. The average molecular weight is 416 g/mol. The molecule has 1 N–H and O–H groups in total. The maximum absolute atomic E-state index is 9.39. The molecule has 1 aliphatic rings. The Morgan fingerprint density at radius 2 is 1.84 bits per heavy atom. The number of rotatable bonds is 5. The minimum absolute atomic E-state index is 0.0583. The summed E-state index contributed by atoms with van der Waals surface area (Å²) in [6, 6.07) is 10.4. The standard InChI is InChI=1S/C26H29N3O2/c1-17-25(18(2)31-28-17)22-12-24-26(27-13-22)23(21-10-8-20(16-30)9-11-21)15-29(24)14-19-6-4-3-5-7-19/h8-13,15,19,30H,3-7,14,16H2,1-2H3. The number of aliphatic hydroxyl groups is 1. The minimum atomic E-state index is 0.0583. The number of hydrogen-bond acceptors (Lipinski definition) is 4. The normalized spacial score (nSPS) is 15.1. The smallest absolute Gasteiger partial charge is 0.141 e. The molecule has 0 aliphatic heterocycles. The maximum Gasteiger partial charge on any atom is 0.141 e. The average Bonchev–Trinajstić information content (AvgIpc) is 3.33. The SMILES string of the molecule is Cc1noc(C)c1-c1cnc2c(-c3ccc(CO)cc3)cn(CC3CCCCC3)c2c1. The quantitative estimate of drug-likeness (QED) is 0.431. The van der Waals surface area contributed by atoms with Gasteiger partial charge < -0.3 is 14.2 Å². The number of aryl methyl sites for hydroxylation is 2. The molecule has 1 aromatic carbocycles. The lowest BCUT2D eigenvalue weighted by Crippen LogP contribution is -2.13. The Morgan fingerprint density at radius 3 is 2.52 bits per heavy atom. The van der Waals surface area contributed by atoms with Crippen LogP contribution in [0.2, 0.25) is 0 Å². The van der Waals surface area contributed by atoms with Gasteiger partial charge in [0.15, 0.2) is 0 Å². The zero-order valence-electron chi connectivity index (χ0n) is 18.3. The van der Waals surface area contributed by atoms with Crippen molar-refractivity contribution < 1.29 is 9.63 Å². The summed E-state index contributed by atoms with van der Waals surface area (Å²) in [5, 5.41) is 13.5. The van der Waals surface area contributed by atoms with E-state index in [1.54, 1.807) is 0 Å². The molecule has 0 bridgehead atoms. The van der Waals surface area contributed by atoms with Crippen LogP contribution in [0, 0.1) is 19.8 Å². The zero-order valence-corrected chi connectivity index (χ0v) is 18.3. The summed E-state index contributed by atoms with van der Waals surface area (Å²) in [5.74, 6) is 1.54. The predicted octanol–water partition coefficient (Wildman–Crippen LogP) is 6.05. The highest BCUT2D eigenvalue weighted by atomic mass is 16.5. The van der Waals surface area contributed by atoms with Crippen molar-refractivity contribution in [1.29, 1.82) is 0 Å². The number of aromatic nitrogens is 3. The zero-order chi connectivity index (χ0) is 21.4. The molecule has 1 saturated carbocycles. The largest absolute Gasteiger partial charge is 0.392 e. The number of pyridine rings is 1. The Balaban J connectivity index is 1.63. The summed E-state index contributed by atoms with van der Waals surface area (Å²) in [5.41, 5.74) is 8.34. The van der Waals surface area contributed by atoms with Crippen molar-refractivity contribution in [2.24, 2.45) is 5.92 Å². The molecule has 3 heterocycles. The van der Waals surface area contributed by atoms with Gasteiger partial charge in [-0.25, -0.2) is 0 Å². The Hall–Kier alpha value is -2.92. The van der Waals surface area contributed by atoms with Crippen LogP contribution in [0.5, 0.6) is 0 Å². The first-order valence-electron chi connectivity index (χ1n) is 11.3. The number of fused-ring (bicyclic) bond motifs is 1. The highest BCUT2D eigenvalue weighted by molar-refractivity contribution is 5.95. The van der Waals surface area contributed by atoms with Gasteiger partial charge in [-0.05, 0) is 49.8 Å². The Bertz CT molecular complexity index is 1180. The third-order valence-electron chi connectivity index (χ3n) is 6.67. The molecular weight excluding hydrogens is 386 g/mol. The van der Waals surface area contributed by atoms with Crippen molar-refractivity contribution in [2.45, 2.75) is 59.1 Å². The summed E-state index contributed by atoms with van der Waals surface area (Å²) in [7, 11) is 0. The van der Waals surface area contributed by atoms with Gasteiger partial charge in [-0.3, -0.25) is 4.98 Å². The van der Waals surface area contributed by atoms with Crippen molar-refractivity contribution in [2.75, 3.05) is 0 Å². The molecule has 4 aromatic rings. The minimum Gasteiger partial charge on any atom is -0.392 e. The van der Waals surface area contributed by atoms with Crippen LogP contribution in [0.4, 0.5) is 0 Å². The van der Waals surface area contributed by atoms with E-state index in [0.717, 1.165) is 62.8 Å². The molecule has 5 rings (SSSR count). The van der Waals surface area contributed by atoms with Crippen LogP contribution < -0.4 is 0 Å². The van der Waals surface area contributed by atoms with Gasteiger partial charge in [-0.1, -0.05) is 48.7 Å². The summed E-state index contributed by atoms with van der Waals surface area (Å²) >= 11 is 0. The van der Waals surface area contributed by atoms with E-state index < -0.39 is 0 Å². The van der Waals surface area contributed by atoms with Gasteiger partial charge in [0.2, 0.25) is 0 Å². The van der Waals surface area contributed by atoms with Gasteiger partial charge >= 0.3 is 0 Å². The lowest BCUT2D eigenvalue weighted by molar-refractivity contribution is 0.282. The van der Waals surface area contributed by atoms with E-state index in [-0.39, 0.29) is 6.61 Å². The van der Waals surface area contributed by atoms with Gasteiger partial charge in [0, 0.05) is 35.6 Å². The van der Waals surface area contributed by atoms with Gasteiger partial charge in [-0.2, -0.15) is 0 Å². The molecule has 0 spiro atoms. The molecule has 0 unspecified atom stereocenters. The topological polar surface area (TPSA) is 64.1 Å². The van der Waals surface area contributed by atoms with Crippen LogP contribution in [0.15, 0.2) is 47.2 Å². The van der Waals surface area contributed by atoms with Gasteiger partial charge in [-0.15, -0.1) is 0 Å². The van der Waals surface area contributed by atoms with E-state index in [2.05, 4.69) is 34.1 Å². The van der Waals surface area contributed by atoms with Crippen LogP contribution in [-0.2, 0) is 13.2 Å². The van der Waals surface area contributed by atoms with E-state index in [0.29, 0.717) is 0 Å². The molecule has 1 fully saturated rings. The van der Waals surface area contributed by atoms with Crippen LogP contribution in [0.3, 0.4) is 0 Å². The van der Waals surface area contributed by atoms with E-state index in [1.165, 1.54) is 32.1 Å². The van der Waals surface area contributed by atoms with Crippen molar-refractivity contribution in [3.05, 3.63) is 59.7 Å². The number of aliphatic hydroxyl groups excluding tert-OH is 1. The molecule has 0 radical (unpaired) electrons. The second-order valence-electron chi connectivity index (χ2n) is 8.85. The van der Waals surface area contributed by atoms with Crippen LogP contribution >= 0.6 is 0 Å². The second kappa shape index (κ2) is 8.31. The Labute approximate surface area is 182 Å². The first-order valence-corrected chi connectivity index (χ1v) is 11.3. The fraction of sp³-hybridized carbons (Fsp3) is 0.385. The molecule has 3 aromatic heterocycles. The summed E-state index contributed by atoms with van der Waals surface area (Å²) in [6.07, 6.45) is 10.8. The lowest BCUT2D eigenvalue weighted by Gasteiger charge is -2.22. The van der Waals surface area contributed by atoms with E-state index in [9.17, 15) is 5.11 Å². The summed E-state index contributed by atoms with van der Waals surface area (Å²) in [4.78, 5) is 4.91. The molecular formula is C26H29N3O2. The summed E-state index contributed by atoms with van der Waals surface area (Å²) in [6.45, 7) is 5.01. The first kappa shape index (κ1) is 20.0. The van der Waals surface area contributed by atoms with Crippen molar-refractivity contribution in [3.63, 3.8) is 0 Å². The van der Waals surface area contributed by atoms with Crippen molar-refractivity contribution in [1.82, 2.24) is 14.7 Å². The van der Waals surface area contributed by atoms with Gasteiger partial charge in [0.1, 0.15) is 5.76 Å². The van der Waals surface area contributed by atoms with Gasteiger partial charge in [0.05, 0.1) is 23.3 Å². The number of hydrogen-bond donors (Lipinski definition) is 1. The van der Waals surface area contributed by atoms with Crippen LogP contribution in [0.25, 0.3) is 33.3 Å². The molecule has 31 heavy (non-hydrogen) atoms. The van der Waals surface area contributed by atoms with Crippen molar-refractivity contribution in [3.8, 4) is 22.3 Å². The molecule has 0 atom stereocenters. The van der Waals surface area contributed by atoms with E-state index >= 15 is 0 Å². The highest BCUT2D eigenvalue weighted by Crippen LogP contribution is 2.35.